The van der Waals surface area contributed by atoms with E-state index in [1.54, 1.807) is 0 Å². The molecular weight excluding hydrogens is 354 g/mol. The van der Waals surface area contributed by atoms with E-state index in [-0.39, 0.29) is 0 Å². The van der Waals surface area contributed by atoms with E-state index in [2.05, 4.69) is 35.7 Å². The average Bonchev–Trinajstić information content (AvgIpc) is 3.32. The number of aryl methyl sites for hydroxylation is 2. The van der Waals surface area contributed by atoms with Crippen LogP contribution in [0.5, 0.6) is 11.5 Å². The van der Waals surface area contributed by atoms with Crippen LogP contribution in [0.4, 0.5) is 0 Å². The minimum atomic E-state index is 0.610. The third-order valence-electron chi connectivity index (χ3n) is 6.12. The predicted molar refractivity (Wildman–Crippen MR) is 108 cm³/mol. The van der Waals surface area contributed by atoms with Gasteiger partial charge in [0.05, 0.1) is 23.0 Å². The smallest absolute Gasteiger partial charge is 0.288 e. The van der Waals surface area contributed by atoms with Crippen LogP contribution in [0, 0.1) is 6.92 Å². The monoisotopic (exact) mass is 374 g/mol. The number of rotatable bonds is 1. The van der Waals surface area contributed by atoms with Crippen molar-refractivity contribution in [3.63, 3.8) is 0 Å². The fourth-order valence-electron chi connectivity index (χ4n) is 4.80. The Hall–Kier alpha value is -2.53. The molecule has 6 rings (SSSR count). The Morgan fingerprint density at radius 2 is 2.07 bits per heavy atom. The lowest BCUT2D eigenvalue weighted by atomic mass is 9.94. The minimum Gasteiger partial charge on any atom is -0.454 e. The SMILES string of the molecule is Cc1c2c(cc3ncccc13)Oc1c(C3CCCC3)sc3nc[n+](C)c-2c13. The maximum Gasteiger partial charge on any atom is 0.288 e. The van der Waals surface area contributed by atoms with Crippen molar-refractivity contribution < 1.29 is 9.30 Å². The first kappa shape index (κ1) is 15.5. The number of aromatic nitrogens is 3. The van der Waals surface area contributed by atoms with Gasteiger partial charge in [-0.3, -0.25) is 4.98 Å². The molecule has 0 spiro atoms. The molecule has 5 heteroatoms. The minimum absolute atomic E-state index is 0.610. The van der Waals surface area contributed by atoms with Gasteiger partial charge < -0.3 is 4.74 Å². The van der Waals surface area contributed by atoms with Gasteiger partial charge in [-0.2, -0.15) is 0 Å². The Morgan fingerprint density at radius 3 is 2.93 bits per heavy atom. The summed E-state index contributed by atoms with van der Waals surface area (Å²) in [5.41, 5.74) is 4.61. The van der Waals surface area contributed by atoms with Crippen LogP contribution < -0.4 is 9.30 Å². The highest BCUT2D eigenvalue weighted by molar-refractivity contribution is 7.19. The van der Waals surface area contributed by atoms with Crippen molar-refractivity contribution in [2.24, 2.45) is 7.05 Å². The number of hydrogen-bond acceptors (Lipinski definition) is 4. The van der Waals surface area contributed by atoms with Crippen LogP contribution in [0.3, 0.4) is 0 Å². The van der Waals surface area contributed by atoms with Crippen molar-refractivity contribution >= 4 is 32.5 Å². The quantitative estimate of drug-likeness (QED) is 0.368. The average molecular weight is 374 g/mol. The van der Waals surface area contributed by atoms with Gasteiger partial charge in [-0.05, 0) is 42.3 Å². The van der Waals surface area contributed by atoms with E-state index in [0.29, 0.717) is 5.92 Å². The van der Waals surface area contributed by atoms with Crippen molar-refractivity contribution in [1.82, 2.24) is 9.97 Å². The standard InChI is InChI=1S/C22H20N3OS/c1-12-14-8-5-9-23-15(14)10-16-17(12)19-18-20(26-16)21(13-6-3-4-7-13)27-22(18)24-11-25(19)2/h5,8-11,13H,3-4,6-7H2,1-2H3/q+1. The molecule has 0 atom stereocenters. The first-order valence-electron chi connectivity index (χ1n) is 9.60. The highest BCUT2D eigenvalue weighted by atomic mass is 32.1. The molecule has 0 N–H and O–H groups in total. The van der Waals surface area contributed by atoms with Crippen LogP contribution in [0.25, 0.3) is 32.4 Å². The second kappa shape index (κ2) is 5.49. The van der Waals surface area contributed by atoms with Gasteiger partial charge in [0.1, 0.15) is 11.1 Å². The second-order valence-corrected chi connectivity index (χ2v) is 8.74. The number of nitrogens with zero attached hydrogens (tertiary/aromatic N) is 3. The molecule has 0 unspecified atom stereocenters. The van der Waals surface area contributed by atoms with Crippen molar-refractivity contribution in [1.29, 1.82) is 0 Å². The van der Waals surface area contributed by atoms with Gasteiger partial charge in [0.25, 0.3) is 6.33 Å². The van der Waals surface area contributed by atoms with Crippen molar-refractivity contribution in [3.8, 4) is 22.8 Å². The number of fused-ring (bicyclic) bond motifs is 3. The molecule has 0 radical (unpaired) electrons. The molecule has 0 amide bonds. The fourth-order valence-corrected chi connectivity index (χ4v) is 6.04. The van der Waals surface area contributed by atoms with E-state index in [0.717, 1.165) is 21.8 Å². The molecule has 3 aromatic heterocycles. The Kier molecular flexibility index (Phi) is 3.15. The molecule has 1 saturated carbocycles. The molecule has 2 aliphatic rings. The summed E-state index contributed by atoms with van der Waals surface area (Å²) in [5.74, 6) is 2.58. The molecule has 1 aromatic carbocycles. The van der Waals surface area contributed by atoms with Crippen molar-refractivity contribution in [2.75, 3.05) is 0 Å². The van der Waals surface area contributed by atoms with Gasteiger partial charge in [-0.25, -0.2) is 4.57 Å². The third kappa shape index (κ3) is 2.06. The number of benzene rings is 1. The van der Waals surface area contributed by atoms with Gasteiger partial charge in [-0.15, -0.1) is 0 Å². The highest BCUT2D eigenvalue weighted by Crippen LogP contribution is 2.55. The van der Waals surface area contributed by atoms with Gasteiger partial charge >= 0.3 is 0 Å². The topological polar surface area (TPSA) is 38.9 Å². The van der Waals surface area contributed by atoms with E-state index in [4.69, 9.17) is 9.72 Å². The lowest BCUT2D eigenvalue weighted by Crippen LogP contribution is -2.32. The van der Waals surface area contributed by atoms with E-state index in [9.17, 15) is 0 Å². The molecule has 4 heterocycles. The lowest BCUT2D eigenvalue weighted by molar-refractivity contribution is -0.662. The number of hydrogen-bond donors (Lipinski definition) is 0. The molecule has 4 nitrogen and oxygen atoms in total. The molecule has 1 fully saturated rings. The van der Waals surface area contributed by atoms with Crippen LogP contribution in [-0.2, 0) is 7.05 Å². The first-order valence-corrected chi connectivity index (χ1v) is 10.4. The van der Waals surface area contributed by atoms with E-state index in [1.807, 2.05) is 29.9 Å². The largest absolute Gasteiger partial charge is 0.454 e. The predicted octanol–water partition coefficient (Wildman–Crippen LogP) is 5.41. The summed E-state index contributed by atoms with van der Waals surface area (Å²) in [4.78, 5) is 11.8. The summed E-state index contributed by atoms with van der Waals surface area (Å²) < 4.78 is 8.74. The van der Waals surface area contributed by atoms with Crippen LogP contribution in [0.2, 0.25) is 0 Å². The molecule has 4 aromatic rings. The molecule has 27 heavy (non-hydrogen) atoms. The van der Waals surface area contributed by atoms with Crippen LogP contribution in [-0.4, -0.2) is 9.97 Å². The summed E-state index contributed by atoms with van der Waals surface area (Å²) in [5, 5.41) is 2.37. The van der Waals surface area contributed by atoms with Crippen LogP contribution in [0.1, 0.15) is 42.0 Å². The number of pyridine rings is 1. The van der Waals surface area contributed by atoms with Gasteiger partial charge in [0, 0.05) is 17.6 Å². The number of ether oxygens (including phenoxy) is 1. The molecule has 1 aliphatic carbocycles. The van der Waals surface area contributed by atoms with E-state index in [1.165, 1.54) is 58.2 Å². The normalized spacial score (nSPS) is 16.1. The Labute approximate surface area is 161 Å². The maximum atomic E-state index is 6.59. The zero-order valence-electron chi connectivity index (χ0n) is 15.5. The first-order chi connectivity index (χ1) is 13.2. The van der Waals surface area contributed by atoms with Crippen molar-refractivity contribution in [3.05, 3.63) is 41.2 Å². The van der Waals surface area contributed by atoms with Gasteiger partial charge in [0.15, 0.2) is 11.4 Å². The number of thiophene rings is 1. The highest BCUT2D eigenvalue weighted by Gasteiger charge is 2.36. The molecule has 0 bridgehead atoms. The van der Waals surface area contributed by atoms with Crippen LogP contribution in [0.15, 0.2) is 30.7 Å². The summed E-state index contributed by atoms with van der Waals surface area (Å²) in [6.07, 6.45) is 8.94. The Balaban J connectivity index is 1.73. The second-order valence-electron chi connectivity index (χ2n) is 7.71. The fraction of sp³-hybridized carbons (Fsp3) is 0.318. The summed E-state index contributed by atoms with van der Waals surface area (Å²) >= 11 is 1.82. The van der Waals surface area contributed by atoms with Crippen molar-refractivity contribution in [2.45, 2.75) is 38.5 Å². The zero-order chi connectivity index (χ0) is 18.1. The lowest BCUT2D eigenvalue weighted by Gasteiger charge is -2.21. The Bertz CT molecular complexity index is 1240. The maximum absolute atomic E-state index is 6.59. The molecule has 134 valence electrons. The van der Waals surface area contributed by atoms with E-state index >= 15 is 0 Å². The summed E-state index contributed by atoms with van der Waals surface area (Å²) in [6, 6.07) is 6.24. The molecule has 0 saturated heterocycles. The Morgan fingerprint density at radius 1 is 1.22 bits per heavy atom. The zero-order valence-corrected chi connectivity index (χ0v) is 16.3. The molecular formula is C22H20N3OS+. The van der Waals surface area contributed by atoms with E-state index < -0.39 is 0 Å². The molecule has 1 aliphatic heterocycles. The van der Waals surface area contributed by atoms with Gasteiger partial charge in [0.2, 0.25) is 4.83 Å². The van der Waals surface area contributed by atoms with Crippen LogP contribution >= 0.6 is 11.3 Å². The summed E-state index contributed by atoms with van der Waals surface area (Å²) in [7, 11) is 2.08. The summed E-state index contributed by atoms with van der Waals surface area (Å²) in [6.45, 7) is 2.17. The van der Waals surface area contributed by atoms with Gasteiger partial charge in [-0.1, -0.05) is 30.2 Å². The third-order valence-corrected chi connectivity index (χ3v) is 7.36.